The van der Waals surface area contributed by atoms with Gasteiger partial charge < -0.3 is 9.80 Å². The summed E-state index contributed by atoms with van der Waals surface area (Å²) in [6, 6.07) is 81.6. The monoisotopic (exact) mass is 878 g/mol. The predicted molar refractivity (Wildman–Crippen MR) is 291 cm³/mol. The summed E-state index contributed by atoms with van der Waals surface area (Å²) < 4.78 is 0. The Balaban J connectivity index is 0.773. The zero-order valence-corrected chi connectivity index (χ0v) is 38.2. The van der Waals surface area contributed by atoms with E-state index in [2.05, 4.69) is 234 Å². The highest BCUT2D eigenvalue weighted by molar-refractivity contribution is 6.07. The normalized spacial score (nSPS) is 15.2. The first-order valence-corrected chi connectivity index (χ1v) is 24.6. The molecule has 4 aliphatic rings. The summed E-state index contributed by atoms with van der Waals surface area (Å²) in [5, 5.41) is 9.98. The van der Waals surface area contributed by atoms with E-state index in [0.29, 0.717) is 5.92 Å². The van der Waals surface area contributed by atoms with Crippen LogP contribution >= 0.6 is 0 Å². The second-order valence-corrected chi connectivity index (χ2v) is 19.6. The molecule has 1 unspecified atom stereocenters. The van der Waals surface area contributed by atoms with Gasteiger partial charge in [-0.1, -0.05) is 176 Å². The van der Waals surface area contributed by atoms with Gasteiger partial charge >= 0.3 is 0 Å². The summed E-state index contributed by atoms with van der Waals surface area (Å²) in [6.45, 7) is 0. The van der Waals surface area contributed by atoms with Gasteiger partial charge in [-0.2, -0.15) is 0 Å². The third-order valence-electron chi connectivity index (χ3n) is 15.8. The van der Waals surface area contributed by atoms with E-state index in [4.69, 9.17) is 0 Å². The largest absolute Gasteiger partial charge is 0.309 e. The lowest BCUT2D eigenvalue weighted by atomic mass is 9.83. The van der Waals surface area contributed by atoms with Crippen molar-refractivity contribution in [1.82, 2.24) is 0 Å². The topological polar surface area (TPSA) is 6.48 Å². The Kier molecular flexibility index (Phi) is 8.41. The van der Waals surface area contributed by atoms with Crippen LogP contribution in [0.2, 0.25) is 0 Å². The van der Waals surface area contributed by atoms with Crippen molar-refractivity contribution in [3.63, 3.8) is 0 Å². The fourth-order valence-corrected chi connectivity index (χ4v) is 12.7. The van der Waals surface area contributed by atoms with Crippen molar-refractivity contribution >= 4 is 88.4 Å². The highest BCUT2D eigenvalue weighted by Crippen LogP contribution is 2.54. The van der Waals surface area contributed by atoms with Crippen LogP contribution in [-0.4, -0.2) is 0 Å². The standard InChI is InChI=1S/C67H46N2/c1-5-21-56-42(13-1)17-9-25-64(56)68(65-26-10-18-43-14-2-6-22-57(43)65)52-29-31-54-46(36-52)33-48-40-62-50(38-60(48)54)35-51-39-61-49(41-63(51)62)34-47-37-53(30-32-55(47)61)69(66-27-11-19-44-15-3-7-23-58(44)66)67-28-12-20-45-16-4-8-24-59(45)67/h1-32,36-38,40-41,51H,33-35,39H2. The van der Waals surface area contributed by atoms with Gasteiger partial charge in [0.1, 0.15) is 0 Å². The predicted octanol–water partition coefficient (Wildman–Crippen LogP) is 17.8. The molecule has 0 aliphatic heterocycles. The van der Waals surface area contributed by atoms with Crippen LogP contribution in [0.5, 0.6) is 0 Å². The van der Waals surface area contributed by atoms with Crippen LogP contribution < -0.4 is 9.80 Å². The molecule has 4 aliphatic carbocycles. The van der Waals surface area contributed by atoms with Crippen LogP contribution in [0.1, 0.15) is 39.8 Å². The summed E-state index contributed by atoms with van der Waals surface area (Å²) in [6.07, 6.45) is 6.70. The van der Waals surface area contributed by atoms with Gasteiger partial charge in [0.15, 0.2) is 0 Å². The van der Waals surface area contributed by atoms with E-state index in [9.17, 15) is 0 Å². The van der Waals surface area contributed by atoms with Gasteiger partial charge in [-0.3, -0.25) is 0 Å². The molecule has 15 rings (SSSR count). The molecule has 0 fully saturated rings. The van der Waals surface area contributed by atoms with Crippen molar-refractivity contribution < 1.29 is 0 Å². The number of allylic oxidation sites excluding steroid dienone is 4. The number of hydrogen-bond donors (Lipinski definition) is 0. The lowest BCUT2D eigenvalue weighted by Crippen LogP contribution is -2.11. The van der Waals surface area contributed by atoms with Crippen molar-refractivity contribution in [2.45, 2.75) is 25.7 Å². The third kappa shape index (κ3) is 5.98. The molecule has 0 aromatic heterocycles. The lowest BCUT2D eigenvalue weighted by molar-refractivity contribution is 0.710. The van der Waals surface area contributed by atoms with Crippen molar-refractivity contribution in [1.29, 1.82) is 0 Å². The minimum absolute atomic E-state index is 0.506. The summed E-state index contributed by atoms with van der Waals surface area (Å²) in [5.74, 6) is 0.506. The fraction of sp³-hybridized carbons (Fsp3) is 0.0746. The molecule has 0 spiro atoms. The van der Waals surface area contributed by atoms with E-state index < -0.39 is 0 Å². The average molecular weight is 879 g/mol. The van der Waals surface area contributed by atoms with Crippen LogP contribution in [-0.2, 0) is 19.3 Å². The minimum atomic E-state index is 0.506. The zero-order chi connectivity index (χ0) is 45.2. The van der Waals surface area contributed by atoms with Crippen molar-refractivity contribution in [3.8, 4) is 11.1 Å². The maximum Gasteiger partial charge on any atom is 0.0540 e. The average Bonchev–Trinajstić information content (AvgIpc) is 4.07. The minimum Gasteiger partial charge on any atom is -0.309 e. The van der Waals surface area contributed by atoms with Gasteiger partial charge in [0.2, 0.25) is 0 Å². The first-order chi connectivity index (χ1) is 34.2. The Morgan fingerprint density at radius 2 is 0.739 bits per heavy atom. The van der Waals surface area contributed by atoms with E-state index in [0.717, 1.165) is 25.7 Å². The first-order valence-electron chi connectivity index (χ1n) is 24.6. The summed E-state index contributed by atoms with van der Waals surface area (Å²) in [7, 11) is 0. The molecule has 0 amide bonds. The second kappa shape index (κ2) is 15.0. The number of fused-ring (bicyclic) bond motifs is 12. The Labute approximate surface area is 402 Å². The van der Waals surface area contributed by atoms with Crippen LogP contribution in [0.3, 0.4) is 0 Å². The summed E-state index contributed by atoms with van der Waals surface area (Å²) in [5.41, 5.74) is 23.3. The van der Waals surface area contributed by atoms with Gasteiger partial charge in [-0.05, 0) is 163 Å². The SMILES string of the molecule is C1=C2c3cc4c(cc3CC2CC2=C1Cc1cc(N(c3cccc5ccccc35)c3cccc5ccccc35)ccc12)-c1ccc(N(c2cccc3ccccc23)c2cccc3ccccc23)cc1C4. The second-order valence-electron chi connectivity index (χ2n) is 19.6. The van der Waals surface area contributed by atoms with Gasteiger partial charge in [0, 0.05) is 32.9 Å². The number of hydrogen-bond acceptors (Lipinski definition) is 2. The van der Waals surface area contributed by atoms with E-state index in [1.165, 1.54) is 127 Å². The molecule has 11 aromatic carbocycles. The van der Waals surface area contributed by atoms with Crippen LogP contribution in [0.25, 0.3) is 65.4 Å². The van der Waals surface area contributed by atoms with E-state index >= 15 is 0 Å². The Morgan fingerprint density at radius 1 is 0.319 bits per heavy atom. The molecule has 11 aromatic rings. The van der Waals surface area contributed by atoms with Crippen LogP contribution in [0.15, 0.2) is 230 Å². The Bertz CT molecular complexity index is 3880. The lowest BCUT2D eigenvalue weighted by Gasteiger charge is -2.28. The fourth-order valence-electron chi connectivity index (χ4n) is 12.7. The molecule has 1 atom stereocenters. The Morgan fingerprint density at radius 3 is 1.25 bits per heavy atom. The molecule has 69 heavy (non-hydrogen) atoms. The zero-order valence-electron chi connectivity index (χ0n) is 38.2. The third-order valence-corrected chi connectivity index (χ3v) is 15.8. The van der Waals surface area contributed by atoms with Crippen molar-refractivity contribution in [3.05, 3.63) is 263 Å². The van der Waals surface area contributed by atoms with Crippen LogP contribution in [0, 0.1) is 5.92 Å². The highest BCUT2D eigenvalue weighted by Gasteiger charge is 2.36. The number of rotatable bonds is 6. The van der Waals surface area contributed by atoms with Gasteiger partial charge in [0.25, 0.3) is 0 Å². The number of benzene rings is 11. The number of nitrogens with zero attached hydrogens (tertiary/aromatic N) is 2. The maximum atomic E-state index is 2.60. The Hall–Kier alpha value is -8.46. The molecular weight excluding hydrogens is 833 g/mol. The van der Waals surface area contributed by atoms with Crippen molar-refractivity contribution in [2.24, 2.45) is 5.92 Å². The molecular formula is C67H46N2. The maximum absolute atomic E-state index is 2.60. The van der Waals surface area contributed by atoms with Crippen molar-refractivity contribution in [2.75, 3.05) is 9.80 Å². The molecule has 2 nitrogen and oxygen atoms in total. The molecule has 0 bridgehead atoms. The van der Waals surface area contributed by atoms with E-state index in [1.54, 1.807) is 11.1 Å². The molecule has 324 valence electrons. The van der Waals surface area contributed by atoms with E-state index in [-0.39, 0.29) is 0 Å². The summed E-state index contributed by atoms with van der Waals surface area (Å²) in [4.78, 5) is 4.99. The molecule has 0 heterocycles. The summed E-state index contributed by atoms with van der Waals surface area (Å²) >= 11 is 0. The molecule has 0 saturated heterocycles. The highest BCUT2D eigenvalue weighted by atomic mass is 15.2. The molecule has 0 N–H and O–H groups in total. The van der Waals surface area contributed by atoms with Gasteiger partial charge in [-0.15, -0.1) is 0 Å². The first kappa shape index (κ1) is 38.6. The quantitative estimate of drug-likeness (QED) is 0.164. The van der Waals surface area contributed by atoms with Gasteiger partial charge in [0.05, 0.1) is 22.7 Å². The van der Waals surface area contributed by atoms with Gasteiger partial charge in [-0.25, -0.2) is 0 Å². The molecule has 0 radical (unpaired) electrons. The molecule has 0 saturated carbocycles. The number of anilines is 6. The molecule has 2 heteroatoms. The van der Waals surface area contributed by atoms with Crippen LogP contribution in [0.4, 0.5) is 34.1 Å². The van der Waals surface area contributed by atoms with E-state index in [1.807, 2.05) is 0 Å². The smallest absolute Gasteiger partial charge is 0.0540 e.